The van der Waals surface area contributed by atoms with E-state index in [1.807, 2.05) is 36.4 Å². The van der Waals surface area contributed by atoms with Crippen LogP contribution in [0.2, 0.25) is 0 Å². The van der Waals surface area contributed by atoms with Crippen LogP contribution in [0, 0.1) is 0 Å². The summed E-state index contributed by atoms with van der Waals surface area (Å²) in [6.45, 7) is 1.98. The second-order valence-corrected chi connectivity index (χ2v) is 6.67. The van der Waals surface area contributed by atoms with Gasteiger partial charge in [-0.25, -0.2) is 19.6 Å². The van der Waals surface area contributed by atoms with Gasteiger partial charge in [0.25, 0.3) is 0 Å². The van der Waals surface area contributed by atoms with Crippen LogP contribution in [0.5, 0.6) is 0 Å². The highest BCUT2D eigenvalue weighted by atomic mass is 16.3. The number of nitrogens with two attached hydrogens (primary N) is 1. The first-order valence-electron chi connectivity index (χ1n) is 9.33. The van der Waals surface area contributed by atoms with Gasteiger partial charge in [0.1, 0.15) is 5.82 Å². The van der Waals surface area contributed by atoms with Crippen molar-refractivity contribution in [2.24, 2.45) is 5.73 Å². The number of pyridine rings is 1. The fourth-order valence-corrected chi connectivity index (χ4v) is 3.19. The Morgan fingerprint density at radius 3 is 2.86 bits per heavy atom. The van der Waals surface area contributed by atoms with Gasteiger partial charge in [0, 0.05) is 17.1 Å². The molecule has 4 rings (SSSR count). The summed E-state index contributed by atoms with van der Waals surface area (Å²) in [5.74, 6) is 1.32. The predicted octanol–water partition coefficient (Wildman–Crippen LogP) is 3.17. The Bertz CT molecular complexity index is 1110. The highest BCUT2D eigenvalue weighted by Crippen LogP contribution is 2.25. The van der Waals surface area contributed by atoms with E-state index in [0.717, 1.165) is 35.0 Å². The molecule has 3 heterocycles. The maximum Gasteiger partial charge on any atom is 0.154 e. The van der Waals surface area contributed by atoms with Crippen LogP contribution in [0.3, 0.4) is 0 Å². The van der Waals surface area contributed by atoms with E-state index in [1.165, 1.54) is 0 Å². The van der Waals surface area contributed by atoms with Gasteiger partial charge in [0.05, 0.1) is 35.8 Å². The molecule has 1 atom stereocenters. The molecule has 0 fully saturated rings. The van der Waals surface area contributed by atoms with Gasteiger partial charge in [-0.2, -0.15) is 5.10 Å². The average Bonchev–Trinajstić information content (AvgIpc) is 3.17. The number of aromatic nitrogens is 5. The number of nitrogens with zero attached hydrogens (tertiary/aromatic N) is 5. The highest BCUT2D eigenvalue weighted by Gasteiger charge is 2.12. The monoisotopic (exact) mass is 374 g/mol. The van der Waals surface area contributed by atoms with E-state index >= 15 is 0 Å². The Labute approximate surface area is 162 Å². The molecule has 1 unspecified atom stereocenters. The van der Waals surface area contributed by atoms with Gasteiger partial charge in [-0.15, -0.1) is 0 Å². The van der Waals surface area contributed by atoms with E-state index in [0.29, 0.717) is 17.3 Å². The van der Waals surface area contributed by atoms with Gasteiger partial charge in [-0.3, -0.25) is 0 Å². The molecule has 0 aliphatic heterocycles. The molecule has 3 N–H and O–H groups in total. The summed E-state index contributed by atoms with van der Waals surface area (Å²) >= 11 is 0. The summed E-state index contributed by atoms with van der Waals surface area (Å²) in [5, 5.41) is 14.8. The SMILES string of the molecule is CCCC(N)c1nccc(-c2ccc3cnn(-c4cccc(CO)n4)c3c2)n1. The molecule has 3 aromatic heterocycles. The van der Waals surface area contributed by atoms with Crippen molar-refractivity contribution in [1.82, 2.24) is 24.7 Å². The van der Waals surface area contributed by atoms with Crippen molar-refractivity contribution in [3.63, 3.8) is 0 Å². The summed E-state index contributed by atoms with van der Waals surface area (Å²) in [6, 6.07) is 13.3. The predicted molar refractivity (Wildman–Crippen MR) is 108 cm³/mol. The first kappa shape index (κ1) is 18.2. The van der Waals surface area contributed by atoms with E-state index in [9.17, 15) is 5.11 Å². The standard InChI is InChI=1S/C21H22N6O/c1-2-4-17(22)21-23-10-9-18(26-21)14-7-8-15-12-24-27(19(15)11-14)20-6-3-5-16(13-28)25-20/h3,5-12,17,28H,2,4,13,22H2,1H3. The molecule has 0 spiro atoms. The zero-order valence-corrected chi connectivity index (χ0v) is 15.7. The molecule has 28 heavy (non-hydrogen) atoms. The molecule has 0 aliphatic carbocycles. The third-order valence-corrected chi connectivity index (χ3v) is 4.64. The minimum absolute atomic E-state index is 0.111. The van der Waals surface area contributed by atoms with E-state index in [4.69, 9.17) is 5.73 Å². The van der Waals surface area contributed by atoms with Crippen LogP contribution < -0.4 is 5.73 Å². The van der Waals surface area contributed by atoms with Crippen LogP contribution >= 0.6 is 0 Å². The summed E-state index contributed by atoms with van der Waals surface area (Å²) in [5.41, 5.74) is 9.48. The van der Waals surface area contributed by atoms with Gasteiger partial charge in [0.2, 0.25) is 0 Å². The van der Waals surface area contributed by atoms with Crippen LogP contribution in [0.1, 0.15) is 37.3 Å². The fourth-order valence-electron chi connectivity index (χ4n) is 3.19. The molecule has 7 nitrogen and oxygen atoms in total. The Morgan fingerprint density at radius 1 is 1.14 bits per heavy atom. The molecule has 0 radical (unpaired) electrons. The zero-order chi connectivity index (χ0) is 19.5. The van der Waals surface area contributed by atoms with E-state index in [2.05, 4.69) is 27.0 Å². The molecular formula is C21H22N6O. The highest BCUT2D eigenvalue weighted by molar-refractivity contribution is 5.84. The minimum atomic E-state index is -0.162. The molecule has 0 saturated carbocycles. The van der Waals surface area contributed by atoms with Gasteiger partial charge in [0.15, 0.2) is 5.82 Å². The molecule has 0 aliphatic rings. The van der Waals surface area contributed by atoms with Crippen LogP contribution in [0.15, 0.2) is 54.9 Å². The maximum absolute atomic E-state index is 9.36. The molecule has 0 amide bonds. The van der Waals surface area contributed by atoms with Crippen molar-refractivity contribution in [1.29, 1.82) is 0 Å². The Morgan fingerprint density at radius 2 is 2.04 bits per heavy atom. The number of hydrogen-bond acceptors (Lipinski definition) is 6. The summed E-state index contributed by atoms with van der Waals surface area (Å²) in [6.07, 6.45) is 5.39. The average molecular weight is 374 g/mol. The molecule has 1 aromatic carbocycles. The molecule has 0 saturated heterocycles. The molecule has 7 heteroatoms. The Hall–Kier alpha value is -3.16. The number of aliphatic hydroxyl groups excluding tert-OH is 1. The van der Waals surface area contributed by atoms with Gasteiger partial charge < -0.3 is 10.8 Å². The second-order valence-electron chi connectivity index (χ2n) is 6.67. The maximum atomic E-state index is 9.36. The molecule has 0 bridgehead atoms. The number of hydrogen-bond donors (Lipinski definition) is 2. The normalized spacial score (nSPS) is 12.4. The lowest BCUT2D eigenvalue weighted by molar-refractivity contribution is 0.276. The molecule has 142 valence electrons. The topological polar surface area (TPSA) is 103 Å². The first-order valence-corrected chi connectivity index (χ1v) is 9.33. The third kappa shape index (κ3) is 3.49. The quantitative estimate of drug-likeness (QED) is 0.537. The number of fused-ring (bicyclic) bond motifs is 1. The lowest BCUT2D eigenvalue weighted by Crippen LogP contribution is -2.13. The number of aliphatic hydroxyl groups is 1. The fraction of sp³-hybridized carbons (Fsp3) is 0.238. The van der Waals surface area contributed by atoms with Gasteiger partial charge in [-0.1, -0.05) is 31.5 Å². The summed E-state index contributed by atoms with van der Waals surface area (Å²) in [4.78, 5) is 13.5. The van der Waals surface area contributed by atoms with Crippen molar-refractivity contribution in [3.05, 3.63) is 66.4 Å². The second kappa shape index (κ2) is 7.84. The van der Waals surface area contributed by atoms with Gasteiger partial charge in [-0.05, 0) is 30.7 Å². The van der Waals surface area contributed by atoms with Crippen LogP contribution in [0.25, 0.3) is 28.0 Å². The van der Waals surface area contributed by atoms with E-state index in [1.54, 1.807) is 23.1 Å². The summed E-state index contributed by atoms with van der Waals surface area (Å²) < 4.78 is 1.77. The van der Waals surface area contributed by atoms with Crippen molar-refractivity contribution in [3.8, 4) is 17.1 Å². The summed E-state index contributed by atoms with van der Waals surface area (Å²) in [7, 11) is 0. The minimum Gasteiger partial charge on any atom is -0.390 e. The van der Waals surface area contributed by atoms with Crippen molar-refractivity contribution >= 4 is 10.9 Å². The van der Waals surface area contributed by atoms with Gasteiger partial charge >= 0.3 is 0 Å². The van der Waals surface area contributed by atoms with Crippen molar-refractivity contribution < 1.29 is 5.11 Å². The van der Waals surface area contributed by atoms with Crippen LogP contribution in [-0.4, -0.2) is 29.8 Å². The Balaban J connectivity index is 1.77. The Kier molecular flexibility index (Phi) is 5.10. The molecular weight excluding hydrogens is 352 g/mol. The molecule has 4 aromatic rings. The number of benzene rings is 1. The smallest absolute Gasteiger partial charge is 0.154 e. The largest absolute Gasteiger partial charge is 0.390 e. The van der Waals surface area contributed by atoms with Crippen molar-refractivity contribution in [2.75, 3.05) is 0 Å². The first-order chi connectivity index (χ1) is 13.7. The van der Waals surface area contributed by atoms with Crippen LogP contribution in [0.4, 0.5) is 0 Å². The van der Waals surface area contributed by atoms with E-state index < -0.39 is 0 Å². The lowest BCUT2D eigenvalue weighted by atomic mass is 10.1. The van der Waals surface area contributed by atoms with Crippen LogP contribution in [-0.2, 0) is 6.61 Å². The van der Waals surface area contributed by atoms with Crippen molar-refractivity contribution in [2.45, 2.75) is 32.4 Å². The lowest BCUT2D eigenvalue weighted by Gasteiger charge is -2.10. The zero-order valence-electron chi connectivity index (χ0n) is 15.7. The van der Waals surface area contributed by atoms with E-state index in [-0.39, 0.29) is 12.6 Å². The third-order valence-electron chi connectivity index (χ3n) is 4.64. The number of rotatable bonds is 6.